The molecule has 4 rings (SSSR count). The van der Waals surface area contributed by atoms with Gasteiger partial charge in [-0.25, -0.2) is 13.4 Å². The molecule has 2 aliphatic rings. The molecule has 2 amide bonds. The van der Waals surface area contributed by atoms with Crippen LogP contribution in [-0.4, -0.2) is 69.7 Å². The number of sulfonamides is 1. The van der Waals surface area contributed by atoms with Crippen molar-refractivity contribution in [1.29, 1.82) is 0 Å². The van der Waals surface area contributed by atoms with Gasteiger partial charge in [0.15, 0.2) is 0 Å². The van der Waals surface area contributed by atoms with Gasteiger partial charge in [0.05, 0.1) is 16.3 Å². The van der Waals surface area contributed by atoms with Crippen molar-refractivity contribution in [2.24, 2.45) is 0 Å². The molecule has 3 heterocycles. The molecule has 0 saturated carbocycles. The minimum atomic E-state index is -3.45. The average molecular weight is 507 g/mol. The highest BCUT2D eigenvalue weighted by molar-refractivity contribution is 7.93. The molecule has 11 heteroatoms. The number of nitrogens with zero attached hydrogens (tertiary/aromatic N) is 3. The zero-order valence-electron chi connectivity index (χ0n) is 19.1. The summed E-state index contributed by atoms with van der Waals surface area (Å²) < 4.78 is 31.2. The van der Waals surface area contributed by atoms with Crippen LogP contribution in [0.1, 0.15) is 51.5 Å². The van der Waals surface area contributed by atoms with Crippen molar-refractivity contribution in [2.75, 3.05) is 49.2 Å². The standard InChI is InChI=1S/C23H27ClN4O5S/c1-27(2)23(30)17-10-16(15-4-7-33-8-5-15)11-18(12-17)26-22(29)19-13-21(25-14-20(19)24)28-6-3-9-34(28,31)32/h10-15H,3-9H2,1-2H3,(H,26,29). The molecular formula is C23H27ClN4O5S. The van der Waals surface area contributed by atoms with E-state index in [1.807, 2.05) is 12.1 Å². The van der Waals surface area contributed by atoms with E-state index in [4.69, 9.17) is 16.3 Å². The highest BCUT2D eigenvalue weighted by atomic mass is 35.5. The molecule has 0 unspecified atom stereocenters. The van der Waals surface area contributed by atoms with Gasteiger partial charge in [0.1, 0.15) is 5.82 Å². The summed E-state index contributed by atoms with van der Waals surface area (Å²) in [5.74, 6) is -0.270. The highest BCUT2D eigenvalue weighted by Gasteiger charge is 2.30. The fourth-order valence-electron chi connectivity index (χ4n) is 4.21. The summed E-state index contributed by atoms with van der Waals surface area (Å²) in [6, 6.07) is 6.74. The second kappa shape index (κ2) is 9.89. The molecular weight excluding hydrogens is 480 g/mol. The van der Waals surface area contributed by atoms with Gasteiger partial charge in [-0.2, -0.15) is 0 Å². The number of hydrogen-bond donors (Lipinski definition) is 1. The van der Waals surface area contributed by atoms with Crippen LogP contribution in [0.25, 0.3) is 0 Å². The molecule has 1 N–H and O–H groups in total. The number of halogens is 1. The van der Waals surface area contributed by atoms with Crippen molar-refractivity contribution in [2.45, 2.75) is 25.2 Å². The van der Waals surface area contributed by atoms with Crippen LogP contribution in [-0.2, 0) is 14.8 Å². The number of rotatable bonds is 5. The van der Waals surface area contributed by atoms with Crippen LogP contribution in [0, 0.1) is 0 Å². The largest absolute Gasteiger partial charge is 0.381 e. The van der Waals surface area contributed by atoms with E-state index in [0.29, 0.717) is 37.4 Å². The number of pyridine rings is 1. The van der Waals surface area contributed by atoms with Gasteiger partial charge in [0, 0.05) is 51.3 Å². The first-order chi connectivity index (χ1) is 16.2. The number of benzene rings is 1. The normalized spacial score (nSPS) is 18.0. The molecule has 9 nitrogen and oxygen atoms in total. The van der Waals surface area contributed by atoms with Gasteiger partial charge < -0.3 is 15.0 Å². The van der Waals surface area contributed by atoms with Crippen LogP contribution >= 0.6 is 11.6 Å². The second-order valence-electron chi connectivity index (χ2n) is 8.65. The summed E-state index contributed by atoms with van der Waals surface area (Å²) in [7, 11) is -0.106. The third kappa shape index (κ3) is 5.18. The topological polar surface area (TPSA) is 109 Å². The number of nitrogens with one attached hydrogen (secondary N) is 1. The first-order valence-corrected chi connectivity index (χ1v) is 13.1. The molecule has 182 valence electrons. The van der Waals surface area contributed by atoms with Gasteiger partial charge >= 0.3 is 0 Å². The number of ether oxygens (including phenoxy) is 1. The Kier molecular flexibility index (Phi) is 7.11. The molecule has 2 saturated heterocycles. The second-order valence-corrected chi connectivity index (χ2v) is 11.1. The lowest BCUT2D eigenvalue weighted by Crippen LogP contribution is -2.26. The van der Waals surface area contributed by atoms with Crippen molar-refractivity contribution >= 4 is 44.9 Å². The number of aromatic nitrogens is 1. The maximum Gasteiger partial charge on any atom is 0.257 e. The summed E-state index contributed by atoms with van der Waals surface area (Å²) in [5, 5.41) is 2.93. The third-order valence-electron chi connectivity index (χ3n) is 6.00. The van der Waals surface area contributed by atoms with E-state index in [1.165, 1.54) is 21.5 Å². The predicted octanol–water partition coefficient (Wildman–Crippen LogP) is 3.12. The molecule has 0 bridgehead atoms. The van der Waals surface area contributed by atoms with E-state index >= 15 is 0 Å². The van der Waals surface area contributed by atoms with Gasteiger partial charge in [-0.05, 0) is 55.0 Å². The Morgan fingerprint density at radius 1 is 1.18 bits per heavy atom. The third-order valence-corrected chi connectivity index (χ3v) is 8.15. The lowest BCUT2D eigenvalue weighted by molar-refractivity contribution is 0.0825. The maximum absolute atomic E-state index is 13.2. The first kappa shape index (κ1) is 24.4. The van der Waals surface area contributed by atoms with E-state index in [0.717, 1.165) is 18.4 Å². The van der Waals surface area contributed by atoms with Crippen molar-refractivity contribution < 1.29 is 22.7 Å². The summed E-state index contributed by atoms with van der Waals surface area (Å²) in [5.41, 5.74) is 1.98. The van der Waals surface area contributed by atoms with E-state index in [2.05, 4.69) is 10.3 Å². The molecule has 2 fully saturated rings. The number of amides is 2. The zero-order chi connectivity index (χ0) is 24.5. The smallest absolute Gasteiger partial charge is 0.257 e. The number of carbonyl (C=O) groups excluding carboxylic acids is 2. The Bertz CT molecular complexity index is 1210. The fraction of sp³-hybridized carbons (Fsp3) is 0.435. The van der Waals surface area contributed by atoms with Gasteiger partial charge in [0.25, 0.3) is 11.8 Å². The van der Waals surface area contributed by atoms with Gasteiger partial charge in [0.2, 0.25) is 10.0 Å². The van der Waals surface area contributed by atoms with Crippen LogP contribution in [0.3, 0.4) is 0 Å². The van der Waals surface area contributed by atoms with Gasteiger partial charge in [-0.3, -0.25) is 13.9 Å². The van der Waals surface area contributed by atoms with Crippen LogP contribution < -0.4 is 9.62 Å². The van der Waals surface area contributed by atoms with Crippen LogP contribution in [0.4, 0.5) is 11.5 Å². The molecule has 34 heavy (non-hydrogen) atoms. The molecule has 2 aromatic rings. The maximum atomic E-state index is 13.2. The lowest BCUT2D eigenvalue weighted by Gasteiger charge is -2.24. The molecule has 1 aromatic carbocycles. The Morgan fingerprint density at radius 2 is 1.91 bits per heavy atom. The van der Waals surface area contributed by atoms with Crippen LogP contribution in [0.5, 0.6) is 0 Å². The molecule has 0 spiro atoms. The summed E-state index contributed by atoms with van der Waals surface area (Å²) in [4.78, 5) is 31.4. The Labute approximate surface area is 204 Å². The van der Waals surface area contributed by atoms with Gasteiger partial charge in [-0.1, -0.05) is 11.6 Å². The summed E-state index contributed by atoms with van der Waals surface area (Å²) >= 11 is 6.25. The molecule has 0 aliphatic carbocycles. The quantitative estimate of drug-likeness (QED) is 0.667. The minimum Gasteiger partial charge on any atom is -0.381 e. The molecule has 2 aliphatic heterocycles. The minimum absolute atomic E-state index is 0.0422. The molecule has 1 aromatic heterocycles. The van der Waals surface area contributed by atoms with E-state index in [9.17, 15) is 18.0 Å². The summed E-state index contributed by atoms with van der Waals surface area (Å²) in [6.07, 6.45) is 3.43. The fourth-order valence-corrected chi connectivity index (χ4v) is 5.90. The number of carbonyl (C=O) groups is 2. The van der Waals surface area contributed by atoms with Crippen LogP contribution in [0.2, 0.25) is 5.02 Å². The highest BCUT2D eigenvalue weighted by Crippen LogP contribution is 2.31. The Morgan fingerprint density at radius 3 is 2.56 bits per heavy atom. The SMILES string of the molecule is CN(C)C(=O)c1cc(NC(=O)c2cc(N3CCCS3(=O)=O)ncc2Cl)cc(C2CCOCC2)c1. The van der Waals surface area contributed by atoms with Crippen molar-refractivity contribution in [3.63, 3.8) is 0 Å². The van der Waals surface area contributed by atoms with Crippen molar-refractivity contribution in [3.8, 4) is 0 Å². The number of anilines is 2. The average Bonchev–Trinajstić information content (AvgIpc) is 3.18. The van der Waals surface area contributed by atoms with Crippen molar-refractivity contribution in [1.82, 2.24) is 9.88 Å². The summed E-state index contributed by atoms with van der Waals surface area (Å²) in [6.45, 7) is 1.60. The lowest BCUT2D eigenvalue weighted by atomic mass is 9.90. The van der Waals surface area contributed by atoms with Crippen LogP contribution in [0.15, 0.2) is 30.5 Å². The number of hydrogen-bond acceptors (Lipinski definition) is 6. The predicted molar refractivity (Wildman–Crippen MR) is 130 cm³/mol. The van der Waals surface area contributed by atoms with E-state index < -0.39 is 15.9 Å². The first-order valence-electron chi connectivity index (χ1n) is 11.1. The Hall–Kier alpha value is -2.69. The molecule has 0 radical (unpaired) electrons. The Balaban J connectivity index is 1.65. The monoisotopic (exact) mass is 506 g/mol. The van der Waals surface area contributed by atoms with E-state index in [1.54, 1.807) is 20.2 Å². The molecule has 0 atom stereocenters. The van der Waals surface area contributed by atoms with E-state index in [-0.39, 0.29) is 34.0 Å². The zero-order valence-corrected chi connectivity index (χ0v) is 20.7. The van der Waals surface area contributed by atoms with Crippen molar-refractivity contribution in [3.05, 3.63) is 52.2 Å². The van der Waals surface area contributed by atoms with Gasteiger partial charge in [-0.15, -0.1) is 0 Å².